The van der Waals surface area contributed by atoms with E-state index in [0.29, 0.717) is 10.3 Å². The van der Waals surface area contributed by atoms with E-state index in [1.807, 2.05) is 0 Å². The molecule has 1 atom stereocenters. The van der Waals surface area contributed by atoms with E-state index in [9.17, 15) is 22.0 Å². The number of nitrogens with zero attached hydrogens (tertiary/aromatic N) is 3. The lowest BCUT2D eigenvalue weighted by atomic mass is 9.97. The summed E-state index contributed by atoms with van der Waals surface area (Å²) in [6, 6.07) is 4.45. The highest BCUT2D eigenvalue weighted by atomic mass is 79.9. The van der Waals surface area contributed by atoms with Crippen LogP contribution in [0.25, 0.3) is 5.69 Å². The molecular weight excluding hydrogens is 493 g/mol. The summed E-state index contributed by atoms with van der Waals surface area (Å²) in [6.07, 6.45) is -1.69. The van der Waals surface area contributed by atoms with E-state index < -0.39 is 40.0 Å². The van der Waals surface area contributed by atoms with Crippen molar-refractivity contribution < 1.29 is 26.5 Å². The van der Waals surface area contributed by atoms with Crippen molar-refractivity contribution in [2.45, 2.75) is 19.1 Å². The zero-order chi connectivity index (χ0) is 21.8. The number of aliphatic imine (C=N–C) groups is 1. The van der Waals surface area contributed by atoms with Gasteiger partial charge >= 0.3 is 12.0 Å². The summed E-state index contributed by atoms with van der Waals surface area (Å²) in [5, 5.41) is -0.700. The molecule has 0 amide bonds. The maximum atomic E-state index is 14.6. The fraction of sp³-hybridized carbons (Fsp3) is 0.150. The number of hydrogen-bond donors (Lipinski definition) is 0. The van der Waals surface area contributed by atoms with Gasteiger partial charge in [0, 0.05) is 0 Å². The van der Waals surface area contributed by atoms with Gasteiger partial charge in [-0.1, -0.05) is 22.7 Å². The van der Waals surface area contributed by atoms with E-state index >= 15 is 0 Å². The van der Waals surface area contributed by atoms with Gasteiger partial charge in [0.2, 0.25) is 0 Å². The van der Waals surface area contributed by atoms with E-state index in [4.69, 9.17) is 11.6 Å². The standard InChI is InChI=1S/C20H11BrClF5N3/c1-9-19-28-7-10(21)8-30(19)14-6-5-11(20(25,26)27)17(22)16(14)18(29-9)15-12(23)3-2-4-13(15)24/h2-9H,1H3/q+1. The molecule has 0 aliphatic carbocycles. The maximum absolute atomic E-state index is 14.6. The summed E-state index contributed by atoms with van der Waals surface area (Å²) in [5.74, 6) is -1.57. The monoisotopic (exact) mass is 502 g/mol. The molecule has 1 aliphatic rings. The highest BCUT2D eigenvalue weighted by Gasteiger charge is 2.39. The van der Waals surface area contributed by atoms with Crippen LogP contribution in [0.1, 0.15) is 35.5 Å². The van der Waals surface area contributed by atoms with Crippen LogP contribution in [0, 0.1) is 11.6 Å². The van der Waals surface area contributed by atoms with Crippen LogP contribution < -0.4 is 4.57 Å². The highest BCUT2D eigenvalue weighted by molar-refractivity contribution is 9.10. The van der Waals surface area contributed by atoms with Crippen LogP contribution in [-0.4, -0.2) is 10.7 Å². The Morgan fingerprint density at radius 3 is 2.37 bits per heavy atom. The number of aromatic nitrogens is 2. The SMILES string of the molecule is CC1N=C(c2c(F)cccc2F)c2c(ccc(C(F)(F)F)c2Cl)-[n+]2cc(Br)cnc21. The number of fused-ring (bicyclic) bond motifs is 3. The Kier molecular flexibility index (Phi) is 5.14. The summed E-state index contributed by atoms with van der Waals surface area (Å²) >= 11 is 9.48. The van der Waals surface area contributed by atoms with Crippen LogP contribution in [-0.2, 0) is 6.18 Å². The molecule has 3 aromatic rings. The third-order valence-corrected chi connectivity index (χ3v) is 5.44. The predicted octanol–water partition coefficient (Wildman–Crippen LogP) is 5.98. The van der Waals surface area contributed by atoms with Gasteiger partial charge in [-0.15, -0.1) is 0 Å². The Bertz CT molecular complexity index is 1190. The highest BCUT2D eigenvalue weighted by Crippen LogP contribution is 2.40. The van der Waals surface area contributed by atoms with Crippen molar-refractivity contribution >= 4 is 33.2 Å². The van der Waals surface area contributed by atoms with E-state index in [1.165, 1.54) is 16.8 Å². The Labute approximate surface area is 181 Å². The lowest BCUT2D eigenvalue weighted by molar-refractivity contribution is -0.610. The zero-order valence-corrected chi connectivity index (χ0v) is 17.4. The molecule has 1 aromatic heterocycles. The van der Waals surface area contributed by atoms with E-state index in [1.54, 1.807) is 13.1 Å². The van der Waals surface area contributed by atoms with Crippen molar-refractivity contribution in [1.29, 1.82) is 0 Å². The Morgan fingerprint density at radius 2 is 1.73 bits per heavy atom. The topological polar surface area (TPSA) is 29.1 Å². The van der Waals surface area contributed by atoms with Crippen molar-refractivity contribution in [2.24, 2.45) is 4.99 Å². The average molecular weight is 504 g/mol. The van der Waals surface area contributed by atoms with Gasteiger partial charge in [-0.05, 0) is 47.1 Å². The Morgan fingerprint density at radius 1 is 1.07 bits per heavy atom. The average Bonchev–Trinajstić information content (AvgIpc) is 2.76. The van der Waals surface area contributed by atoms with Crippen molar-refractivity contribution in [3.05, 3.63) is 86.4 Å². The van der Waals surface area contributed by atoms with Crippen LogP contribution in [0.5, 0.6) is 0 Å². The van der Waals surface area contributed by atoms with Crippen LogP contribution in [0.2, 0.25) is 5.02 Å². The molecule has 0 saturated heterocycles. The molecule has 0 radical (unpaired) electrons. The van der Waals surface area contributed by atoms with Gasteiger partial charge in [-0.3, -0.25) is 4.99 Å². The fourth-order valence-corrected chi connectivity index (χ4v) is 4.02. The van der Waals surface area contributed by atoms with E-state index in [-0.39, 0.29) is 17.0 Å². The van der Waals surface area contributed by atoms with E-state index in [0.717, 1.165) is 24.3 Å². The molecular formula is C20H11BrClF5N3+. The first kappa shape index (κ1) is 20.9. The van der Waals surface area contributed by atoms with Gasteiger partial charge < -0.3 is 0 Å². The smallest absolute Gasteiger partial charge is 0.268 e. The molecule has 1 aliphatic heterocycles. The van der Waals surface area contributed by atoms with Gasteiger partial charge in [-0.2, -0.15) is 17.7 Å². The third kappa shape index (κ3) is 3.39. The molecule has 2 aromatic carbocycles. The molecule has 2 heterocycles. The second-order valence-corrected chi connectivity index (χ2v) is 7.86. The van der Waals surface area contributed by atoms with Crippen LogP contribution in [0.3, 0.4) is 0 Å². The largest absolute Gasteiger partial charge is 0.417 e. The molecule has 154 valence electrons. The molecule has 0 fully saturated rings. The maximum Gasteiger partial charge on any atom is 0.417 e. The minimum Gasteiger partial charge on any atom is -0.268 e. The number of benzene rings is 2. The molecule has 0 saturated carbocycles. The number of halogens is 7. The van der Waals surface area contributed by atoms with Gasteiger partial charge in [0.05, 0.1) is 27.4 Å². The van der Waals surface area contributed by atoms with Crippen LogP contribution in [0.4, 0.5) is 22.0 Å². The molecule has 1 unspecified atom stereocenters. The molecule has 3 nitrogen and oxygen atoms in total. The second kappa shape index (κ2) is 7.39. The minimum absolute atomic E-state index is 0.169. The van der Waals surface area contributed by atoms with Crippen molar-refractivity contribution in [3.63, 3.8) is 0 Å². The third-order valence-electron chi connectivity index (χ3n) is 4.64. The van der Waals surface area contributed by atoms with Crippen molar-refractivity contribution in [2.75, 3.05) is 0 Å². The first-order valence-corrected chi connectivity index (χ1v) is 9.76. The van der Waals surface area contributed by atoms with Gasteiger partial charge in [0.25, 0.3) is 0 Å². The van der Waals surface area contributed by atoms with E-state index in [2.05, 4.69) is 25.9 Å². The molecule has 10 heteroatoms. The van der Waals surface area contributed by atoms with Gasteiger partial charge in [-0.25, -0.2) is 8.78 Å². The number of hydrogen-bond acceptors (Lipinski definition) is 2. The van der Waals surface area contributed by atoms with Crippen molar-refractivity contribution in [3.8, 4) is 5.69 Å². The predicted molar refractivity (Wildman–Crippen MR) is 104 cm³/mol. The quantitative estimate of drug-likeness (QED) is 0.297. The summed E-state index contributed by atoms with van der Waals surface area (Å²) in [5.41, 5.74) is -2.06. The van der Waals surface area contributed by atoms with Crippen LogP contribution in [0.15, 0.2) is 52.2 Å². The summed E-state index contributed by atoms with van der Waals surface area (Å²) in [7, 11) is 0. The lowest BCUT2D eigenvalue weighted by Crippen LogP contribution is -2.38. The minimum atomic E-state index is -4.77. The van der Waals surface area contributed by atoms with Crippen LogP contribution >= 0.6 is 27.5 Å². The first-order valence-electron chi connectivity index (χ1n) is 8.59. The Balaban J connectivity index is 2.16. The summed E-state index contributed by atoms with van der Waals surface area (Å²) in [6.45, 7) is 1.62. The summed E-state index contributed by atoms with van der Waals surface area (Å²) < 4.78 is 71.9. The second-order valence-electron chi connectivity index (χ2n) is 6.57. The lowest BCUT2D eigenvalue weighted by Gasteiger charge is -2.16. The summed E-state index contributed by atoms with van der Waals surface area (Å²) in [4.78, 5) is 8.64. The molecule has 0 spiro atoms. The molecule has 0 bridgehead atoms. The zero-order valence-electron chi connectivity index (χ0n) is 15.1. The first-order chi connectivity index (χ1) is 14.1. The Hall–Kier alpha value is -2.39. The molecule has 0 N–H and O–H groups in total. The number of alkyl halides is 3. The van der Waals surface area contributed by atoms with Gasteiger partial charge in [0.15, 0.2) is 12.2 Å². The molecule has 4 rings (SSSR count). The normalized spacial score (nSPS) is 15.9. The van der Waals surface area contributed by atoms with Gasteiger partial charge in [0.1, 0.15) is 28.0 Å². The number of rotatable bonds is 1. The van der Waals surface area contributed by atoms with Crippen molar-refractivity contribution in [1.82, 2.24) is 4.98 Å². The molecule has 30 heavy (non-hydrogen) atoms. The fourth-order valence-electron chi connectivity index (χ4n) is 3.36.